The Morgan fingerprint density at radius 1 is 0.474 bits per heavy atom. The summed E-state index contributed by atoms with van der Waals surface area (Å²) in [7, 11) is 0. The van der Waals surface area contributed by atoms with Crippen LogP contribution in [0.1, 0.15) is 84.5 Å². The first-order chi connectivity index (χ1) is 9.41. The van der Waals surface area contributed by atoms with Crippen molar-refractivity contribution in [2.75, 3.05) is 26.2 Å². The molecule has 2 heteroatoms. The fraction of sp³-hybridized carbons (Fsp3) is 1.00. The number of unbranched alkanes of at least 4 members (excludes halogenated alkanes) is 9. The van der Waals surface area contributed by atoms with Crippen LogP contribution in [-0.2, 0) is 0 Å². The number of hydrogen-bond acceptors (Lipinski definition) is 2. The molecule has 0 rings (SSSR count). The Bertz CT molecular complexity index is 132. The van der Waals surface area contributed by atoms with E-state index in [2.05, 4.69) is 24.5 Å². The van der Waals surface area contributed by atoms with Gasteiger partial charge in [-0.2, -0.15) is 0 Å². The Balaban J connectivity index is 2.88. The van der Waals surface area contributed by atoms with Crippen molar-refractivity contribution in [3.8, 4) is 0 Å². The average molecular weight is 271 g/mol. The van der Waals surface area contributed by atoms with Crippen LogP contribution in [0.4, 0.5) is 0 Å². The van der Waals surface area contributed by atoms with Crippen LogP contribution in [-0.4, -0.2) is 26.2 Å². The van der Waals surface area contributed by atoms with Crippen LogP contribution in [0.3, 0.4) is 0 Å². The van der Waals surface area contributed by atoms with Gasteiger partial charge in [0.1, 0.15) is 0 Å². The van der Waals surface area contributed by atoms with Gasteiger partial charge in [-0.1, -0.05) is 71.6 Å². The highest BCUT2D eigenvalue weighted by molar-refractivity contribution is 4.52. The van der Waals surface area contributed by atoms with Crippen molar-refractivity contribution in [1.82, 2.24) is 10.6 Å². The van der Waals surface area contributed by atoms with Crippen LogP contribution in [0.25, 0.3) is 0 Å². The van der Waals surface area contributed by atoms with E-state index >= 15 is 0 Å². The van der Waals surface area contributed by atoms with Gasteiger partial charge in [0.25, 0.3) is 0 Å². The smallest absolute Gasteiger partial charge is 0.00368 e. The highest BCUT2D eigenvalue weighted by atomic mass is 14.9. The summed E-state index contributed by atoms with van der Waals surface area (Å²) >= 11 is 0. The summed E-state index contributed by atoms with van der Waals surface area (Å²) in [6.45, 7) is 9.08. The second-order valence-electron chi connectivity index (χ2n) is 5.64. The molecule has 0 aliphatic rings. The van der Waals surface area contributed by atoms with Gasteiger partial charge in [-0.15, -0.1) is 0 Å². The van der Waals surface area contributed by atoms with Gasteiger partial charge in [0, 0.05) is 0 Å². The van der Waals surface area contributed by atoms with E-state index in [0.29, 0.717) is 0 Å². The van der Waals surface area contributed by atoms with E-state index in [-0.39, 0.29) is 0 Å². The first-order valence-corrected chi connectivity index (χ1v) is 8.83. The summed E-state index contributed by atoms with van der Waals surface area (Å²) < 4.78 is 0. The summed E-state index contributed by atoms with van der Waals surface area (Å²) in [5.74, 6) is 0. The van der Waals surface area contributed by atoms with Crippen molar-refractivity contribution < 1.29 is 0 Å². The molecule has 0 spiro atoms. The normalized spacial score (nSPS) is 11.1. The summed E-state index contributed by atoms with van der Waals surface area (Å²) in [5, 5.41) is 6.88. The molecule has 0 unspecified atom stereocenters. The molecule has 2 N–H and O–H groups in total. The van der Waals surface area contributed by atoms with Gasteiger partial charge in [0.15, 0.2) is 0 Å². The SMILES string of the molecule is CCCCCCCCCCCCNCCCNCC. The highest BCUT2D eigenvalue weighted by Crippen LogP contribution is 2.10. The van der Waals surface area contributed by atoms with E-state index in [9.17, 15) is 0 Å². The van der Waals surface area contributed by atoms with E-state index in [1.54, 1.807) is 0 Å². The molecule has 0 aromatic carbocycles. The summed E-state index contributed by atoms with van der Waals surface area (Å²) in [6, 6.07) is 0. The van der Waals surface area contributed by atoms with E-state index in [1.165, 1.54) is 83.7 Å². The second kappa shape index (κ2) is 17.9. The Labute approximate surface area is 122 Å². The Morgan fingerprint density at radius 2 is 0.947 bits per heavy atom. The van der Waals surface area contributed by atoms with Crippen molar-refractivity contribution in [2.24, 2.45) is 0 Å². The zero-order chi connectivity index (χ0) is 14.0. The molecule has 0 aliphatic heterocycles. The van der Waals surface area contributed by atoms with Gasteiger partial charge in [-0.25, -0.2) is 0 Å². The van der Waals surface area contributed by atoms with Crippen molar-refractivity contribution in [3.05, 3.63) is 0 Å². The minimum Gasteiger partial charge on any atom is -0.317 e. The molecule has 0 heterocycles. The van der Waals surface area contributed by atoms with Crippen LogP contribution >= 0.6 is 0 Å². The summed E-state index contributed by atoms with van der Waals surface area (Å²) in [4.78, 5) is 0. The molecule has 0 aromatic heterocycles. The first-order valence-electron chi connectivity index (χ1n) is 8.83. The second-order valence-corrected chi connectivity index (χ2v) is 5.64. The van der Waals surface area contributed by atoms with Crippen molar-refractivity contribution >= 4 is 0 Å². The predicted octanol–water partition coefficient (Wildman–Crippen LogP) is 4.50. The molecular weight excluding hydrogens is 232 g/mol. The van der Waals surface area contributed by atoms with Gasteiger partial charge in [0.2, 0.25) is 0 Å². The van der Waals surface area contributed by atoms with Gasteiger partial charge < -0.3 is 10.6 Å². The minimum atomic E-state index is 1.10. The monoisotopic (exact) mass is 270 g/mol. The molecule has 0 bridgehead atoms. The lowest BCUT2D eigenvalue weighted by atomic mass is 10.1. The van der Waals surface area contributed by atoms with Crippen molar-refractivity contribution in [2.45, 2.75) is 84.5 Å². The van der Waals surface area contributed by atoms with Crippen LogP contribution in [0.15, 0.2) is 0 Å². The lowest BCUT2D eigenvalue weighted by Gasteiger charge is -2.05. The molecule has 116 valence electrons. The molecule has 0 fully saturated rings. The average Bonchev–Trinajstić information content (AvgIpc) is 2.43. The van der Waals surface area contributed by atoms with Gasteiger partial charge in [-0.3, -0.25) is 0 Å². The van der Waals surface area contributed by atoms with Gasteiger partial charge in [-0.05, 0) is 39.0 Å². The van der Waals surface area contributed by atoms with Crippen LogP contribution < -0.4 is 10.6 Å². The summed E-state index contributed by atoms with van der Waals surface area (Å²) in [6.07, 6.45) is 15.5. The van der Waals surface area contributed by atoms with E-state index in [0.717, 1.165) is 13.1 Å². The quantitative estimate of drug-likeness (QED) is 0.404. The molecule has 2 nitrogen and oxygen atoms in total. The lowest BCUT2D eigenvalue weighted by Crippen LogP contribution is -2.22. The van der Waals surface area contributed by atoms with Gasteiger partial charge in [0.05, 0.1) is 0 Å². The largest absolute Gasteiger partial charge is 0.317 e. The van der Waals surface area contributed by atoms with Crippen molar-refractivity contribution in [1.29, 1.82) is 0 Å². The van der Waals surface area contributed by atoms with E-state index in [1.807, 2.05) is 0 Å². The Hall–Kier alpha value is -0.0800. The molecule has 0 saturated heterocycles. The number of hydrogen-bond donors (Lipinski definition) is 2. The Kier molecular flexibility index (Phi) is 17.8. The van der Waals surface area contributed by atoms with Crippen LogP contribution in [0.5, 0.6) is 0 Å². The Morgan fingerprint density at radius 3 is 1.53 bits per heavy atom. The minimum absolute atomic E-state index is 1.10. The summed E-state index contributed by atoms with van der Waals surface area (Å²) in [5.41, 5.74) is 0. The zero-order valence-electron chi connectivity index (χ0n) is 13.6. The third kappa shape index (κ3) is 17.9. The lowest BCUT2D eigenvalue weighted by molar-refractivity contribution is 0.537. The molecule has 19 heavy (non-hydrogen) atoms. The topological polar surface area (TPSA) is 24.1 Å². The molecule has 0 aliphatic carbocycles. The maximum Gasteiger partial charge on any atom is -0.00368 e. The van der Waals surface area contributed by atoms with E-state index in [4.69, 9.17) is 0 Å². The number of rotatable bonds is 16. The van der Waals surface area contributed by atoms with E-state index < -0.39 is 0 Å². The first kappa shape index (κ1) is 18.9. The molecule has 0 aromatic rings. The predicted molar refractivity (Wildman–Crippen MR) is 87.9 cm³/mol. The fourth-order valence-electron chi connectivity index (χ4n) is 2.38. The molecule has 0 amide bonds. The maximum atomic E-state index is 3.53. The van der Waals surface area contributed by atoms with Crippen LogP contribution in [0.2, 0.25) is 0 Å². The molecule has 0 radical (unpaired) electrons. The van der Waals surface area contributed by atoms with Crippen LogP contribution in [0, 0.1) is 0 Å². The molecule has 0 atom stereocenters. The standard InChI is InChI=1S/C17H38N2/c1-3-5-6-7-8-9-10-11-12-13-15-19-17-14-16-18-4-2/h18-19H,3-17H2,1-2H3. The third-order valence-electron chi connectivity index (χ3n) is 3.66. The number of nitrogens with one attached hydrogen (secondary N) is 2. The van der Waals surface area contributed by atoms with Gasteiger partial charge >= 0.3 is 0 Å². The fourth-order valence-corrected chi connectivity index (χ4v) is 2.38. The zero-order valence-corrected chi connectivity index (χ0v) is 13.6. The maximum absolute atomic E-state index is 3.53. The van der Waals surface area contributed by atoms with Crippen molar-refractivity contribution in [3.63, 3.8) is 0 Å². The molecular formula is C17H38N2. The third-order valence-corrected chi connectivity index (χ3v) is 3.66. The molecule has 0 saturated carbocycles. The highest BCUT2D eigenvalue weighted by Gasteiger charge is 1.93.